The van der Waals surface area contributed by atoms with Crippen molar-refractivity contribution in [2.24, 2.45) is 5.92 Å². The molecule has 2 rings (SSSR count). The van der Waals surface area contributed by atoms with Gasteiger partial charge >= 0.3 is 21.1 Å². The molecule has 2 heterocycles. The van der Waals surface area contributed by atoms with Gasteiger partial charge in [-0.3, -0.25) is 0 Å². The fourth-order valence-electron chi connectivity index (χ4n) is 1.97. The number of hydrogen-bond acceptors (Lipinski definition) is 2. The van der Waals surface area contributed by atoms with Crippen LogP contribution in [0, 0.1) is 13.3 Å². The Morgan fingerprint density at radius 2 is 2.00 bits per heavy atom. The van der Waals surface area contributed by atoms with Gasteiger partial charge in [0.1, 0.15) is 0 Å². The first-order valence-corrected chi connectivity index (χ1v) is 5.23. The summed E-state index contributed by atoms with van der Waals surface area (Å²) in [7, 11) is 0. The van der Waals surface area contributed by atoms with Crippen molar-refractivity contribution < 1.29 is 21.1 Å². The molecule has 88 valence electrons. The maximum absolute atomic E-state index is 7.43. The molecule has 0 spiro atoms. The van der Waals surface area contributed by atoms with Gasteiger partial charge in [-0.25, -0.2) is 0 Å². The van der Waals surface area contributed by atoms with Crippen LogP contribution in [0.3, 0.4) is 0 Å². The van der Waals surface area contributed by atoms with Crippen LogP contribution in [0.25, 0.3) is 5.73 Å². The van der Waals surface area contributed by atoms with Crippen molar-refractivity contribution in [2.75, 3.05) is 13.1 Å². The van der Waals surface area contributed by atoms with E-state index in [9.17, 15) is 0 Å². The predicted octanol–water partition coefficient (Wildman–Crippen LogP) is 2.76. The van der Waals surface area contributed by atoms with E-state index in [0.29, 0.717) is 5.82 Å². The van der Waals surface area contributed by atoms with E-state index in [1.54, 1.807) is 6.07 Å². The van der Waals surface area contributed by atoms with Crippen LogP contribution in [0.2, 0.25) is 0 Å². The van der Waals surface area contributed by atoms with Gasteiger partial charge in [0.15, 0.2) is 0 Å². The molecule has 4 heteroatoms. The maximum atomic E-state index is 7.43. The molecule has 0 saturated carbocycles. The predicted molar refractivity (Wildman–Crippen MR) is 63.9 cm³/mol. The zero-order chi connectivity index (χ0) is 9.80. The van der Waals surface area contributed by atoms with Crippen LogP contribution in [-0.2, 0) is 27.5 Å². The molecule has 1 fully saturated rings. The average molecular weight is 389 g/mol. The molecule has 1 aromatic rings. The number of nitrogens with zero attached hydrogens (tertiary/aromatic N) is 1. The Morgan fingerprint density at radius 1 is 1.31 bits per heavy atom. The van der Waals surface area contributed by atoms with E-state index in [0.717, 1.165) is 31.1 Å². The summed E-state index contributed by atoms with van der Waals surface area (Å²) in [6, 6.07) is 5.68. The number of hydrogen-bond donors (Lipinski definition) is 1. The normalized spacial score (nSPS) is 16.0. The van der Waals surface area contributed by atoms with E-state index < -0.39 is 0 Å². The van der Waals surface area contributed by atoms with E-state index in [4.69, 9.17) is 5.73 Å². The Labute approximate surface area is 112 Å². The Morgan fingerprint density at radius 3 is 2.62 bits per heavy atom. The molecule has 2 N–H and O–H groups in total. The number of rotatable bonds is 2. The number of aromatic nitrogens is 1. The van der Waals surface area contributed by atoms with Crippen molar-refractivity contribution in [1.82, 2.24) is 10.3 Å². The third kappa shape index (κ3) is 4.63. The zero-order valence-electron chi connectivity index (χ0n) is 9.70. The zero-order valence-corrected chi connectivity index (χ0v) is 12.6. The third-order valence-electron chi connectivity index (χ3n) is 2.76. The second kappa shape index (κ2) is 7.80. The second-order valence-corrected chi connectivity index (χ2v) is 3.91. The van der Waals surface area contributed by atoms with Gasteiger partial charge in [0, 0.05) is 0 Å². The molecule has 0 bridgehead atoms. The molecule has 0 radical (unpaired) electrons. The van der Waals surface area contributed by atoms with Crippen LogP contribution in [0.5, 0.6) is 0 Å². The number of pyridine rings is 1. The van der Waals surface area contributed by atoms with Crippen molar-refractivity contribution in [3.63, 3.8) is 0 Å². The topological polar surface area (TPSA) is 48.7 Å². The quantitative estimate of drug-likeness (QED) is 0.792. The largest absolute Gasteiger partial charge is 2.00 e. The van der Waals surface area contributed by atoms with Gasteiger partial charge in [-0.15, -0.1) is 0 Å². The van der Waals surface area contributed by atoms with Crippen LogP contribution in [-0.4, -0.2) is 18.1 Å². The van der Waals surface area contributed by atoms with E-state index in [-0.39, 0.29) is 28.5 Å². The molecule has 0 aromatic carbocycles. The first kappa shape index (κ1) is 15.6. The monoisotopic (exact) mass is 389 g/mol. The standard InChI is InChI=1S/C11H16N3.CH3.W/c12-11-3-1-2-10(14-11)8-9-4-6-13-7-5-9;;/h1-3,9,13H,4-8H2,(H-,12,14);1H3;/q2*-1;+2. The summed E-state index contributed by atoms with van der Waals surface area (Å²) in [6.45, 7) is 2.26. The molecule has 0 unspecified atom stereocenters. The van der Waals surface area contributed by atoms with E-state index in [1.807, 2.05) is 12.1 Å². The third-order valence-corrected chi connectivity index (χ3v) is 2.76. The summed E-state index contributed by atoms with van der Waals surface area (Å²) in [5.74, 6) is 1.14. The van der Waals surface area contributed by atoms with Crippen LogP contribution in [0.1, 0.15) is 18.5 Å². The van der Waals surface area contributed by atoms with Crippen LogP contribution >= 0.6 is 0 Å². The Hall–Kier alpha value is -0.402. The molecule has 1 saturated heterocycles. The number of nitrogens with one attached hydrogen (secondary N) is 2. The number of piperidine rings is 1. The Balaban J connectivity index is 0.00000112. The smallest absolute Gasteiger partial charge is 0.482 e. The fourth-order valence-corrected chi connectivity index (χ4v) is 1.97. The van der Waals surface area contributed by atoms with Gasteiger partial charge in [0.25, 0.3) is 0 Å². The van der Waals surface area contributed by atoms with Gasteiger partial charge in [-0.2, -0.15) is 0 Å². The molecule has 1 aromatic heterocycles. The van der Waals surface area contributed by atoms with Crippen molar-refractivity contribution in [2.45, 2.75) is 19.3 Å². The molecule has 0 amide bonds. The summed E-state index contributed by atoms with van der Waals surface area (Å²) in [6.07, 6.45) is 3.52. The summed E-state index contributed by atoms with van der Waals surface area (Å²) in [5.41, 5.74) is 8.50. The first-order valence-electron chi connectivity index (χ1n) is 5.23. The van der Waals surface area contributed by atoms with E-state index in [1.165, 1.54) is 12.8 Å². The molecule has 0 atom stereocenters. The molecule has 1 aliphatic rings. The summed E-state index contributed by atoms with van der Waals surface area (Å²) in [4.78, 5) is 4.21. The van der Waals surface area contributed by atoms with Crippen molar-refractivity contribution in [3.05, 3.63) is 37.1 Å². The Kier molecular flexibility index (Phi) is 7.61. The van der Waals surface area contributed by atoms with Crippen molar-refractivity contribution in [1.29, 1.82) is 0 Å². The van der Waals surface area contributed by atoms with Crippen LogP contribution < -0.4 is 5.32 Å². The van der Waals surface area contributed by atoms with Gasteiger partial charge in [0.2, 0.25) is 0 Å². The minimum Gasteiger partial charge on any atom is -0.482 e. The van der Waals surface area contributed by atoms with Gasteiger partial charge in [0.05, 0.1) is 0 Å². The molecule has 3 nitrogen and oxygen atoms in total. The van der Waals surface area contributed by atoms with Gasteiger partial charge in [-0.05, 0) is 38.3 Å². The van der Waals surface area contributed by atoms with Crippen LogP contribution in [0.4, 0.5) is 5.82 Å². The molecule has 16 heavy (non-hydrogen) atoms. The Bertz CT molecular complexity index is 298. The van der Waals surface area contributed by atoms with Gasteiger partial charge < -0.3 is 23.5 Å². The first-order chi connectivity index (χ1) is 6.84. The molecule has 0 aliphatic carbocycles. The summed E-state index contributed by atoms with van der Waals surface area (Å²) in [5, 5.41) is 3.35. The van der Waals surface area contributed by atoms with Crippen LogP contribution in [0.15, 0.2) is 18.2 Å². The fraction of sp³-hybridized carbons (Fsp3) is 0.500. The maximum Gasteiger partial charge on any atom is 2.00 e. The SMILES string of the molecule is [CH3-].[NH-]c1cccc(CC2CCNCC2)n1.[W+2]. The van der Waals surface area contributed by atoms with Crippen molar-refractivity contribution >= 4 is 5.82 Å². The molecular formula is C12H19N3W. The van der Waals surface area contributed by atoms with E-state index >= 15 is 0 Å². The average Bonchev–Trinajstić information content (AvgIpc) is 2.19. The van der Waals surface area contributed by atoms with Crippen molar-refractivity contribution in [3.8, 4) is 0 Å². The minimum absolute atomic E-state index is 0. The molecular weight excluding hydrogens is 370 g/mol. The second-order valence-electron chi connectivity index (χ2n) is 3.91. The van der Waals surface area contributed by atoms with E-state index in [2.05, 4.69) is 10.3 Å². The summed E-state index contributed by atoms with van der Waals surface area (Å²) < 4.78 is 0. The summed E-state index contributed by atoms with van der Waals surface area (Å²) >= 11 is 0. The molecule has 1 aliphatic heterocycles. The minimum atomic E-state index is 0. The van der Waals surface area contributed by atoms with Gasteiger partial charge in [-0.1, -0.05) is 29.7 Å².